The number of aliphatic carboxylic acids is 1. The van der Waals surface area contributed by atoms with Gasteiger partial charge >= 0.3 is 5.97 Å². The molecule has 0 aliphatic carbocycles. The smallest absolute Gasteiger partial charge is 0.329 e. The largest absolute Gasteiger partial charge is 0.480 e. The maximum absolute atomic E-state index is 10.2. The summed E-state index contributed by atoms with van der Waals surface area (Å²) >= 11 is 0. The van der Waals surface area contributed by atoms with Crippen molar-refractivity contribution >= 4 is 5.97 Å². The van der Waals surface area contributed by atoms with Crippen molar-refractivity contribution in [1.29, 1.82) is 0 Å². The molecule has 3 nitrogen and oxygen atoms in total. The van der Waals surface area contributed by atoms with E-state index in [9.17, 15) is 4.79 Å². The van der Waals surface area contributed by atoms with Gasteiger partial charge in [0.2, 0.25) is 0 Å². The molecule has 0 radical (unpaired) electrons. The fourth-order valence-electron chi connectivity index (χ4n) is 1.14. The van der Waals surface area contributed by atoms with Crippen LogP contribution in [0.5, 0.6) is 0 Å². The van der Waals surface area contributed by atoms with Gasteiger partial charge in [-0.05, 0) is 12.8 Å². The molecule has 0 aromatic rings. The van der Waals surface area contributed by atoms with Crippen molar-refractivity contribution in [3.8, 4) is 0 Å². The maximum Gasteiger partial charge on any atom is 0.329 e. The summed E-state index contributed by atoms with van der Waals surface area (Å²) in [5.41, 5.74) is 0. The predicted molar refractivity (Wildman–Crippen MR) is 47.2 cm³/mol. The van der Waals surface area contributed by atoms with Crippen LogP contribution in [0, 0.1) is 0 Å². The first-order valence-corrected chi connectivity index (χ1v) is 4.54. The van der Waals surface area contributed by atoms with E-state index < -0.39 is 5.97 Å². The molecule has 0 heterocycles. The molecule has 0 unspecified atom stereocenters. The number of carboxylic acid groups (broad SMARTS) is 1. The van der Waals surface area contributed by atoms with E-state index in [1.165, 1.54) is 0 Å². The summed E-state index contributed by atoms with van der Waals surface area (Å²) < 4.78 is 5.18. The van der Waals surface area contributed by atoms with Gasteiger partial charge in [-0.25, -0.2) is 4.79 Å². The van der Waals surface area contributed by atoms with Gasteiger partial charge in [-0.3, -0.25) is 0 Å². The first-order valence-electron chi connectivity index (χ1n) is 4.54. The van der Waals surface area contributed by atoms with Crippen LogP contribution in [0.15, 0.2) is 0 Å². The molecule has 0 aliphatic rings. The van der Waals surface area contributed by atoms with Crippen LogP contribution in [0.3, 0.4) is 0 Å². The molecular formula is C9H18O3. The van der Waals surface area contributed by atoms with Gasteiger partial charge in [-0.2, -0.15) is 0 Å². The number of hydrogen-bond acceptors (Lipinski definition) is 2. The molecule has 0 fully saturated rings. The van der Waals surface area contributed by atoms with E-state index in [2.05, 4.69) is 13.8 Å². The lowest BCUT2D eigenvalue weighted by Crippen LogP contribution is -2.17. The highest BCUT2D eigenvalue weighted by Crippen LogP contribution is 2.08. The molecule has 12 heavy (non-hydrogen) atoms. The van der Waals surface area contributed by atoms with E-state index in [1.807, 2.05) is 0 Å². The van der Waals surface area contributed by atoms with E-state index in [-0.39, 0.29) is 12.7 Å². The Bertz CT molecular complexity index is 117. The molecule has 0 bridgehead atoms. The van der Waals surface area contributed by atoms with Gasteiger partial charge in [-0.15, -0.1) is 0 Å². The topological polar surface area (TPSA) is 46.5 Å². The van der Waals surface area contributed by atoms with Crippen molar-refractivity contribution < 1.29 is 14.6 Å². The van der Waals surface area contributed by atoms with Crippen LogP contribution in [0.1, 0.15) is 39.5 Å². The van der Waals surface area contributed by atoms with Crippen LogP contribution in [-0.2, 0) is 9.53 Å². The number of carboxylic acids is 1. The van der Waals surface area contributed by atoms with E-state index in [1.54, 1.807) is 0 Å². The molecule has 0 aromatic heterocycles. The van der Waals surface area contributed by atoms with Crippen molar-refractivity contribution in [1.82, 2.24) is 0 Å². The van der Waals surface area contributed by atoms with Gasteiger partial charge in [0.15, 0.2) is 0 Å². The van der Waals surface area contributed by atoms with Gasteiger partial charge in [0, 0.05) is 0 Å². The summed E-state index contributed by atoms with van der Waals surface area (Å²) in [6.07, 6.45) is 4.15. The molecule has 0 aliphatic heterocycles. The van der Waals surface area contributed by atoms with Gasteiger partial charge in [0.1, 0.15) is 6.61 Å². The Morgan fingerprint density at radius 3 is 2.17 bits per heavy atom. The highest BCUT2D eigenvalue weighted by atomic mass is 16.5. The molecule has 0 spiro atoms. The lowest BCUT2D eigenvalue weighted by Gasteiger charge is -2.14. The Balaban J connectivity index is 3.54. The van der Waals surface area contributed by atoms with Crippen molar-refractivity contribution in [3.63, 3.8) is 0 Å². The third-order valence-corrected chi connectivity index (χ3v) is 1.66. The van der Waals surface area contributed by atoms with Crippen molar-refractivity contribution in [2.24, 2.45) is 0 Å². The second kappa shape index (κ2) is 7.10. The van der Waals surface area contributed by atoms with Crippen LogP contribution >= 0.6 is 0 Å². The fraction of sp³-hybridized carbons (Fsp3) is 0.889. The van der Waals surface area contributed by atoms with Crippen molar-refractivity contribution in [2.45, 2.75) is 45.6 Å². The Morgan fingerprint density at radius 2 is 1.83 bits per heavy atom. The zero-order valence-electron chi connectivity index (χ0n) is 7.88. The van der Waals surface area contributed by atoms with Crippen molar-refractivity contribution in [2.75, 3.05) is 6.61 Å². The second-order valence-corrected chi connectivity index (χ2v) is 2.90. The van der Waals surface area contributed by atoms with Crippen LogP contribution in [0.2, 0.25) is 0 Å². The molecule has 3 heteroatoms. The van der Waals surface area contributed by atoms with Crippen LogP contribution < -0.4 is 0 Å². The van der Waals surface area contributed by atoms with Gasteiger partial charge < -0.3 is 9.84 Å². The second-order valence-electron chi connectivity index (χ2n) is 2.90. The van der Waals surface area contributed by atoms with E-state index >= 15 is 0 Å². The average Bonchev–Trinajstić information content (AvgIpc) is 2.01. The molecule has 72 valence electrons. The lowest BCUT2D eigenvalue weighted by molar-refractivity contribution is -0.144. The molecule has 0 aromatic carbocycles. The Morgan fingerprint density at radius 1 is 1.33 bits per heavy atom. The van der Waals surface area contributed by atoms with Crippen LogP contribution in [0.4, 0.5) is 0 Å². The van der Waals surface area contributed by atoms with Crippen molar-refractivity contribution in [3.05, 3.63) is 0 Å². The molecule has 0 saturated heterocycles. The lowest BCUT2D eigenvalue weighted by atomic mass is 10.1. The van der Waals surface area contributed by atoms with Gasteiger partial charge in [-0.1, -0.05) is 26.7 Å². The Labute approximate surface area is 73.7 Å². The fourth-order valence-corrected chi connectivity index (χ4v) is 1.14. The third-order valence-electron chi connectivity index (χ3n) is 1.66. The van der Waals surface area contributed by atoms with E-state index in [0.29, 0.717) is 0 Å². The molecule has 0 rings (SSSR count). The Hall–Kier alpha value is -0.570. The Kier molecular flexibility index (Phi) is 6.76. The SMILES string of the molecule is CCCC(CCC)OCC(=O)O. The zero-order valence-corrected chi connectivity index (χ0v) is 7.88. The molecule has 0 atom stereocenters. The highest BCUT2D eigenvalue weighted by molar-refractivity contribution is 5.68. The minimum Gasteiger partial charge on any atom is -0.480 e. The minimum atomic E-state index is -0.882. The summed E-state index contributed by atoms with van der Waals surface area (Å²) in [4.78, 5) is 10.2. The normalized spacial score (nSPS) is 10.6. The number of rotatable bonds is 7. The molecule has 0 saturated carbocycles. The third kappa shape index (κ3) is 6.16. The zero-order chi connectivity index (χ0) is 9.40. The first-order chi connectivity index (χ1) is 5.70. The molecule has 1 N–H and O–H groups in total. The van der Waals surface area contributed by atoms with Gasteiger partial charge in [0.05, 0.1) is 6.10 Å². The standard InChI is InChI=1S/C9H18O3/c1-3-5-8(6-4-2)12-7-9(10)11/h8H,3-7H2,1-2H3,(H,10,11). The van der Waals surface area contributed by atoms with E-state index in [0.717, 1.165) is 25.7 Å². The summed E-state index contributed by atoms with van der Waals surface area (Å²) in [5.74, 6) is -0.882. The van der Waals surface area contributed by atoms with E-state index in [4.69, 9.17) is 9.84 Å². The summed E-state index contributed by atoms with van der Waals surface area (Å²) in [6, 6.07) is 0. The highest BCUT2D eigenvalue weighted by Gasteiger charge is 2.08. The van der Waals surface area contributed by atoms with Crippen LogP contribution in [0.25, 0.3) is 0 Å². The number of hydrogen-bond donors (Lipinski definition) is 1. The predicted octanol–water partition coefficient (Wildman–Crippen LogP) is 2.06. The number of carbonyl (C=O) groups is 1. The minimum absolute atomic E-state index is 0.135. The number of ether oxygens (including phenoxy) is 1. The summed E-state index contributed by atoms with van der Waals surface area (Å²) in [6.45, 7) is 3.99. The maximum atomic E-state index is 10.2. The first kappa shape index (κ1) is 11.4. The monoisotopic (exact) mass is 174 g/mol. The summed E-state index contributed by atoms with van der Waals surface area (Å²) in [5, 5.41) is 8.37. The quantitative estimate of drug-likeness (QED) is 0.642. The van der Waals surface area contributed by atoms with Crippen LogP contribution in [-0.4, -0.2) is 23.8 Å². The van der Waals surface area contributed by atoms with Gasteiger partial charge in [0.25, 0.3) is 0 Å². The average molecular weight is 174 g/mol. The summed E-state index contributed by atoms with van der Waals surface area (Å²) in [7, 11) is 0. The molecular weight excluding hydrogens is 156 g/mol. The molecule has 0 amide bonds.